The van der Waals surface area contributed by atoms with Gasteiger partial charge in [-0.25, -0.2) is 8.78 Å². The smallest absolute Gasteiger partial charge is 0.250 e. The highest BCUT2D eigenvalue weighted by molar-refractivity contribution is 5.36. The fraction of sp³-hybridized carbons (Fsp3) is 0.412. The second-order valence-electron chi connectivity index (χ2n) is 5.51. The van der Waals surface area contributed by atoms with Gasteiger partial charge in [0.25, 0.3) is 5.85 Å². The number of rotatable bonds is 5. The van der Waals surface area contributed by atoms with Gasteiger partial charge in [0, 0.05) is 6.08 Å². The van der Waals surface area contributed by atoms with Crippen LogP contribution in [0.15, 0.2) is 54.4 Å². The number of allylic oxidation sites excluding steroid dienone is 2. The molecule has 1 aliphatic carbocycles. The Morgan fingerprint density at radius 2 is 1.95 bits per heavy atom. The third kappa shape index (κ3) is 3.76. The predicted molar refractivity (Wildman–Crippen MR) is 76.8 cm³/mol. The van der Waals surface area contributed by atoms with Crippen molar-refractivity contribution in [3.05, 3.63) is 60.0 Å². The van der Waals surface area contributed by atoms with Crippen LogP contribution in [0, 0.1) is 5.92 Å². The summed E-state index contributed by atoms with van der Waals surface area (Å²) in [5.41, 5.74) is 0.807. The lowest BCUT2D eigenvalue weighted by Gasteiger charge is -2.25. The molecule has 3 heteroatoms. The van der Waals surface area contributed by atoms with Crippen molar-refractivity contribution in [1.29, 1.82) is 0 Å². The molecule has 0 bridgehead atoms. The molecule has 2 rings (SSSR count). The molecule has 0 saturated heterocycles. The van der Waals surface area contributed by atoms with Crippen LogP contribution in [0.5, 0.6) is 0 Å². The molecule has 0 amide bonds. The minimum absolute atomic E-state index is 0.276. The van der Waals surface area contributed by atoms with Gasteiger partial charge in [0.2, 0.25) is 0 Å². The normalized spacial score (nSPS) is 25.9. The first-order valence-corrected chi connectivity index (χ1v) is 6.95. The molecule has 1 aromatic rings. The van der Waals surface area contributed by atoms with E-state index in [1.54, 1.807) is 0 Å². The molecular weight excluding hydrogens is 258 g/mol. The Bertz CT molecular complexity index is 493. The maximum Gasteiger partial charge on any atom is 0.250 e. The summed E-state index contributed by atoms with van der Waals surface area (Å²) in [5.74, 6) is -2.72. The molecule has 1 nitrogen and oxygen atoms in total. The van der Waals surface area contributed by atoms with Crippen LogP contribution < -0.4 is 0 Å². The molecule has 1 aliphatic rings. The Morgan fingerprint density at radius 1 is 1.25 bits per heavy atom. The van der Waals surface area contributed by atoms with Gasteiger partial charge >= 0.3 is 0 Å². The zero-order chi connectivity index (χ0) is 14.6. The number of halogens is 2. The largest absolute Gasteiger partial charge is 0.339 e. The molecule has 1 aromatic carbocycles. The van der Waals surface area contributed by atoms with E-state index in [1.807, 2.05) is 44.2 Å². The SMILES string of the molecule is CC(C)CCOC1(F)C=CC(c2ccccc2)C(F)=C1. The fourth-order valence-electron chi connectivity index (χ4n) is 2.12. The Labute approximate surface area is 119 Å². The molecule has 0 spiro atoms. The summed E-state index contributed by atoms with van der Waals surface area (Å²) >= 11 is 0. The van der Waals surface area contributed by atoms with Crippen molar-refractivity contribution in [3.8, 4) is 0 Å². The number of hydrogen-bond acceptors (Lipinski definition) is 1. The third-order valence-corrected chi connectivity index (χ3v) is 3.32. The van der Waals surface area contributed by atoms with Crippen molar-refractivity contribution >= 4 is 0 Å². The van der Waals surface area contributed by atoms with Crippen LogP contribution in [0.1, 0.15) is 31.7 Å². The third-order valence-electron chi connectivity index (χ3n) is 3.32. The van der Waals surface area contributed by atoms with Gasteiger partial charge in [-0.1, -0.05) is 50.3 Å². The van der Waals surface area contributed by atoms with Crippen LogP contribution in [0.2, 0.25) is 0 Å². The standard InChI is InChI=1S/C17H20F2O/c1-13(2)9-11-20-17(19)10-8-15(16(18)12-17)14-6-4-3-5-7-14/h3-8,10,12-13,15H,9,11H2,1-2H3. The number of benzene rings is 1. The number of hydrogen-bond donors (Lipinski definition) is 0. The fourth-order valence-corrected chi connectivity index (χ4v) is 2.12. The molecule has 20 heavy (non-hydrogen) atoms. The molecule has 0 aliphatic heterocycles. The van der Waals surface area contributed by atoms with Crippen molar-refractivity contribution in [1.82, 2.24) is 0 Å². The summed E-state index contributed by atoms with van der Waals surface area (Å²) in [6.07, 6.45) is 4.51. The first kappa shape index (κ1) is 14.9. The Hall–Kier alpha value is -1.48. The van der Waals surface area contributed by atoms with E-state index in [0.717, 1.165) is 18.1 Å². The van der Waals surface area contributed by atoms with E-state index in [0.29, 0.717) is 5.92 Å². The molecular formula is C17H20F2O. The molecule has 0 fully saturated rings. The number of alkyl halides is 1. The Kier molecular flexibility index (Phi) is 4.71. The summed E-state index contributed by atoms with van der Waals surface area (Å²) < 4.78 is 33.6. The van der Waals surface area contributed by atoms with Gasteiger partial charge in [-0.2, -0.15) is 0 Å². The first-order chi connectivity index (χ1) is 9.50. The average Bonchev–Trinajstić information content (AvgIpc) is 2.39. The maximum absolute atomic E-state index is 14.3. The Balaban J connectivity index is 2.05. The second-order valence-corrected chi connectivity index (χ2v) is 5.51. The number of ether oxygens (including phenoxy) is 1. The second kappa shape index (κ2) is 6.31. The predicted octanol–water partition coefficient (Wildman–Crippen LogP) is 4.92. The van der Waals surface area contributed by atoms with E-state index >= 15 is 0 Å². The van der Waals surface area contributed by atoms with Crippen molar-refractivity contribution in [3.63, 3.8) is 0 Å². The summed E-state index contributed by atoms with van der Waals surface area (Å²) in [5, 5.41) is 0. The van der Waals surface area contributed by atoms with E-state index < -0.39 is 17.6 Å². The van der Waals surface area contributed by atoms with Gasteiger partial charge in [0.1, 0.15) is 5.83 Å². The topological polar surface area (TPSA) is 9.23 Å². The van der Waals surface area contributed by atoms with Crippen LogP contribution in [0.4, 0.5) is 8.78 Å². The summed E-state index contributed by atoms with van der Waals surface area (Å²) in [6, 6.07) is 9.20. The minimum Gasteiger partial charge on any atom is -0.339 e. The van der Waals surface area contributed by atoms with Gasteiger partial charge in [-0.3, -0.25) is 0 Å². The zero-order valence-corrected chi connectivity index (χ0v) is 11.9. The van der Waals surface area contributed by atoms with Crippen LogP contribution in [-0.4, -0.2) is 12.5 Å². The monoisotopic (exact) mass is 278 g/mol. The molecule has 0 aromatic heterocycles. The molecule has 2 atom stereocenters. The van der Waals surface area contributed by atoms with E-state index in [2.05, 4.69) is 0 Å². The van der Waals surface area contributed by atoms with Crippen LogP contribution in [0.3, 0.4) is 0 Å². The van der Waals surface area contributed by atoms with Crippen LogP contribution in [-0.2, 0) is 4.74 Å². The van der Waals surface area contributed by atoms with Crippen molar-refractivity contribution in [2.75, 3.05) is 6.61 Å². The Morgan fingerprint density at radius 3 is 2.55 bits per heavy atom. The summed E-state index contributed by atoms with van der Waals surface area (Å²) in [6.45, 7) is 4.35. The molecule has 0 saturated carbocycles. The lowest BCUT2D eigenvalue weighted by Crippen LogP contribution is -2.26. The van der Waals surface area contributed by atoms with Gasteiger partial charge in [-0.05, 0) is 24.0 Å². The highest BCUT2D eigenvalue weighted by Crippen LogP contribution is 2.35. The first-order valence-electron chi connectivity index (χ1n) is 6.95. The van der Waals surface area contributed by atoms with E-state index in [-0.39, 0.29) is 6.61 Å². The van der Waals surface area contributed by atoms with Crippen LogP contribution in [0.25, 0.3) is 0 Å². The minimum atomic E-state index is -2.12. The lowest BCUT2D eigenvalue weighted by atomic mass is 9.92. The van der Waals surface area contributed by atoms with Gasteiger partial charge in [0.05, 0.1) is 12.5 Å². The highest BCUT2D eigenvalue weighted by Gasteiger charge is 2.32. The lowest BCUT2D eigenvalue weighted by molar-refractivity contribution is -0.0742. The molecule has 108 valence electrons. The molecule has 2 unspecified atom stereocenters. The molecule has 0 heterocycles. The summed E-state index contributed by atoms with van der Waals surface area (Å²) in [7, 11) is 0. The maximum atomic E-state index is 14.3. The van der Waals surface area contributed by atoms with Gasteiger partial charge < -0.3 is 4.74 Å². The van der Waals surface area contributed by atoms with E-state index in [4.69, 9.17) is 4.74 Å². The van der Waals surface area contributed by atoms with Gasteiger partial charge in [-0.15, -0.1) is 0 Å². The highest BCUT2D eigenvalue weighted by atomic mass is 19.2. The quantitative estimate of drug-likeness (QED) is 0.694. The van der Waals surface area contributed by atoms with Crippen molar-refractivity contribution < 1.29 is 13.5 Å². The van der Waals surface area contributed by atoms with Crippen molar-refractivity contribution in [2.24, 2.45) is 5.92 Å². The summed E-state index contributed by atoms with van der Waals surface area (Å²) in [4.78, 5) is 0. The van der Waals surface area contributed by atoms with E-state index in [1.165, 1.54) is 12.2 Å². The molecule has 0 N–H and O–H groups in total. The zero-order valence-electron chi connectivity index (χ0n) is 11.9. The van der Waals surface area contributed by atoms with Gasteiger partial charge in [0.15, 0.2) is 0 Å². The van der Waals surface area contributed by atoms with E-state index in [9.17, 15) is 8.78 Å². The van der Waals surface area contributed by atoms with Crippen molar-refractivity contribution in [2.45, 2.75) is 32.0 Å². The average molecular weight is 278 g/mol. The van der Waals surface area contributed by atoms with Crippen LogP contribution >= 0.6 is 0 Å². The molecule has 0 radical (unpaired) electrons.